The maximum Gasteiger partial charge on any atom is 0.294 e. The molecule has 0 aromatic heterocycles. The van der Waals surface area contributed by atoms with Crippen molar-refractivity contribution in [3.8, 4) is 0 Å². The summed E-state index contributed by atoms with van der Waals surface area (Å²) < 4.78 is 48.8. The molecule has 3 fully saturated rings. The van der Waals surface area contributed by atoms with Crippen LogP contribution in [0.3, 0.4) is 0 Å². The van der Waals surface area contributed by atoms with Gasteiger partial charge >= 0.3 is 0 Å². The summed E-state index contributed by atoms with van der Waals surface area (Å²) in [5.74, 6) is -1.93. The Kier molecular flexibility index (Phi) is 11.7. The maximum atomic E-state index is 12.7. The smallest absolute Gasteiger partial charge is 0.294 e. The minimum absolute atomic E-state index is 0.0314. The van der Waals surface area contributed by atoms with E-state index in [0.29, 0.717) is 12.8 Å². The van der Waals surface area contributed by atoms with Gasteiger partial charge in [0.05, 0.1) is 43.5 Å². The van der Waals surface area contributed by atoms with Crippen molar-refractivity contribution in [3.05, 3.63) is 0 Å². The zero-order valence-electron chi connectivity index (χ0n) is 23.1. The number of hydrogen-bond donors (Lipinski definition) is 10. The van der Waals surface area contributed by atoms with E-state index in [0.717, 1.165) is 0 Å². The van der Waals surface area contributed by atoms with Crippen LogP contribution in [0.1, 0.15) is 33.1 Å². The largest absolute Gasteiger partial charge is 0.393 e. The summed E-state index contributed by atoms with van der Waals surface area (Å²) in [6.07, 6.45) is -11.8. The first-order valence-electron chi connectivity index (χ1n) is 13.6. The average Bonchev–Trinajstić information content (AvgIpc) is 2.92. The van der Waals surface area contributed by atoms with Crippen molar-refractivity contribution < 1.29 is 53.3 Å². The molecule has 0 amide bonds. The fourth-order valence-corrected chi connectivity index (χ4v) is 5.06. The van der Waals surface area contributed by atoms with E-state index in [1.54, 1.807) is 6.92 Å². The van der Waals surface area contributed by atoms with Gasteiger partial charge in [-0.1, -0.05) is 6.92 Å². The summed E-state index contributed by atoms with van der Waals surface area (Å²) in [6.45, 7) is 2.08. The SMILES string of the molecule is C[C@@H]1C(O)[C@@H](OC2C(O)C(O[C@H]3O[C@H](CN=C(N)C(F)F)CCC3N)[C@@H](N)C[C@H]2NC(=N)C(O)CO)OCC1(C)O. The van der Waals surface area contributed by atoms with Gasteiger partial charge in [0.25, 0.3) is 6.43 Å². The third-order valence-corrected chi connectivity index (χ3v) is 7.96. The van der Waals surface area contributed by atoms with Gasteiger partial charge in [-0.15, -0.1) is 0 Å². The second-order valence-electron chi connectivity index (χ2n) is 11.2. The van der Waals surface area contributed by atoms with Crippen molar-refractivity contribution in [3.63, 3.8) is 0 Å². The van der Waals surface area contributed by atoms with Gasteiger partial charge in [-0.3, -0.25) is 10.4 Å². The highest BCUT2D eigenvalue weighted by Gasteiger charge is 2.51. The predicted octanol–water partition coefficient (Wildman–Crippen LogP) is -3.30. The van der Waals surface area contributed by atoms with E-state index in [1.165, 1.54) is 6.92 Å². The third kappa shape index (κ3) is 8.26. The molecule has 3 rings (SSSR count). The van der Waals surface area contributed by atoms with E-state index in [9.17, 15) is 34.3 Å². The second-order valence-corrected chi connectivity index (χ2v) is 11.2. The standard InChI is InChI=1S/C24H44F2N6O9/c1-9-15(35)23(38-8-24(9,2)37)41-18-13(32-20(29)14(34)7-33)5-12(28)17(16(18)36)40-22-11(27)4-3-10(39-22)6-31-21(30)19(25)26/h9-19,22-23,33-37H,3-8,27-28H2,1-2H3,(H2,29,32)(H2,30,31)/t9-,10+,11?,12+,13-,14?,15?,16?,17?,18?,22-,23-,24?/m1/s1. The van der Waals surface area contributed by atoms with Crippen LogP contribution in [-0.4, -0.2) is 136 Å². The van der Waals surface area contributed by atoms with Gasteiger partial charge in [0.15, 0.2) is 18.4 Å². The average molecular weight is 599 g/mol. The van der Waals surface area contributed by atoms with Crippen molar-refractivity contribution in [2.24, 2.45) is 28.1 Å². The Hall–Kier alpha value is -1.64. The van der Waals surface area contributed by atoms with Crippen LogP contribution in [0.5, 0.6) is 0 Å². The van der Waals surface area contributed by atoms with E-state index < -0.39 is 104 Å². The number of alkyl halides is 2. The Balaban J connectivity index is 1.77. The fourth-order valence-electron chi connectivity index (χ4n) is 5.06. The number of rotatable bonds is 10. The molecule has 17 heteroatoms. The van der Waals surface area contributed by atoms with Crippen LogP contribution in [0, 0.1) is 11.3 Å². The Labute approximate surface area is 236 Å². The van der Waals surface area contributed by atoms with Crippen LogP contribution in [0.2, 0.25) is 0 Å². The first-order chi connectivity index (χ1) is 19.2. The lowest BCUT2D eigenvalue weighted by Gasteiger charge is -2.49. The molecule has 13 atom stereocenters. The molecule has 0 bridgehead atoms. The number of amidine groups is 2. The van der Waals surface area contributed by atoms with Crippen molar-refractivity contribution >= 4 is 11.7 Å². The molecule has 13 N–H and O–H groups in total. The normalized spacial score (nSPS) is 43.1. The zero-order chi connectivity index (χ0) is 30.6. The van der Waals surface area contributed by atoms with Crippen LogP contribution < -0.4 is 22.5 Å². The number of halogens is 2. The second kappa shape index (κ2) is 14.2. The summed E-state index contributed by atoms with van der Waals surface area (Å²) >= 11 is 0. The molecule has 2 aliphatic heterocycles. The topological polar surface area (TPSA) is 264 Å². The van der Waals surface area contributed by atoms with E-state index in [1.807, 2.05) is 0 Å². The highest BCUT2D eigenvalue weighted by atomic mass is 19.3. The maximum absolute atomic E-state index is 12.7. The first-order valence-corrected chi connectivity index (χ1v) is 13.6. The quantitative estimate of drug-likeness (QED) is 0.0873. The lowest BCUT2D eigenvalue weighted by molar-refractivity contribution is -0.313. The lowest BCUT2D eigenvalue weighted by atomic mass is 9.82. The Bertz CT molecular complexity index is 906. The molecular weight excluding hydrogens is 554 g/mol. The van der Waals surface area contributed by atoms with Gasteiger partial charge in [0.2, 0.25) is 0 Å². The lowest BCUT2D eigenvalue weighted by Crippen LogP contribution is -2.68. The molecule has 2 heterocycles. The number of nitrogens with one attached hydrogen (secondary N) is 2. The molecule has 1 saturated carbocycles. The zero-order valence-corrected chi connectivity index (χ0v) is 23.1. The predicted molar refractivity (Wildman–Crippen MR) is 140 cm³/mol. The molecule has 2 saturated heterocycles. The Morgan fingerprint density at radius 2 is 1.80 bits per heavy atom. The number of nitrogens with zero attached hydrogens (tertiary/aromatic N) is 1. The van der Waals surface area contributed by atoms with E-state index >= 15 is 0 Å². The van der Waals surface area contributed by atoms with Gasteiger partial charge in [-0.05, 0) is 26.2 Å². The van der Waals surface area contributed by atoms with Crippen LogP contribution in [0.15, 0.2) is 4.99 Å². The minimum Gasteiger partial charge on any atom is -0.393 e. The van der Waals surface area contributed by atoms with E-state index in [-0.39, 0.29) is 19.6 Å². The number of aliphatic hydroxyl groups is 5. The van der Waals surface area contributed by atoms with Crippen molar-refractivity contribution in [2.45, 2.75) is 112 Å². The number of hydrogen-bond acceptors (Lipinski definition) is 13. The summed E-state index contributed by atoms with van der Waals surface area (Å²) in [6, 6.07) is -2.42. The summed E-state index contributed by atoms with van der Waals surface area (Å²) in [5, 5.41) is 62.5. The summed E-state index contributed by atoms with van der Waals surface area (Å²) in [4.78, 5) is 3.65. The molecule has 41 heavy (non-hydrogen) atoms. The van der Waals surface area contributed by atoms with Gasteiger partial charge in [-0.2, -0.15) is 0 Å². The van der Waals surface area contributed by atoms with Crippen LogP contribution in [-0.2, 0) is 18.9 Å². The van der Waals surface area contributed by atoms with E-state index in [2.05, 4.69) is 10.3 Å². The molecule has 0 radical (unpaired) electrons. The molecule has 7 unspecified atom stereocenters. The first kappa shape index (κ1) is 33.9. The van der Waals surface area contributed by atoms with E-state index in [4.69, 9.17) is 41.6 Å². The van der Waals surface area contributed by atoms with Gasteiger partial charge in [0.1, 0.15) is 36.4 Å². The Morgan fingerprint density at radius 3 is 2.44 bits per heavy atom. The monoisotopic (exact) mass is 598 g/mol. The van der Waals surface area contributed by atoms with Crippen LogP contribution in [0.4, 0.5) is 8.78 Å². The van der Waals surface area contributed by atoms with Crippen LogP contribution >= 0.6 is 0 Å². The molecule has 3 aliphatic rings. The molecule has 0 aromatic carbocycles. The van der Waals surface area contributed by atoms with Gasteiger partial charge in [-0.25, -0.2) is 8.78 Å². The highest BCUT2D eigenvalue weighted by Crippen LogP contribution is 2.34. The van der Waals surface area contributed by atoms with Gasteiger partial charge < -0.3 is 67.0 Å². The van der Waals surface area contributed by atoms with Crippen molar-refractivity contribution in [2.75, 3.05) is 19.8 Å². The number of nitrogens with two attached hydrogens (primary N) is 3. The molecule has 238 valence electrons. The minimum atomic E-state index is -2.90. The number of aliphatic imine (C=N–C) groups is 1. The molecule has 1 aliphatic carbocycles. The van der Waals surface area contributed by atoms with Crippen LogP contribution in [0.25, 0.3) is 0 Å². The summed E-state index contributed by atoms with van der Waals surface area (Å²) in [5.41, 5.74) is 16.4. The Morgan fingerprint density at radius 1 is 1.15 bits per heavy atom. The van der Waals surface area contributed by atoms with Crippen molar-refractivity contribution in [1.29, 1.82) is 5.41 Å². The highest BCUT2D eigenvalue weighted by molar-refractivity contribution is 5.84. The van der Waals surface area contributed by atoms with Gasteiger partial charge in [0, 0.05) is 12.0 Å². The summed E-state index contributed by atoms with van der Waals surface area (Å²) in [7, 11) is 0. The third-order valence-electron chi connectivity index (χ3n) is 7.96. The fraction of sp³-hybridized carbons (Fsp3) is 0.917. The molecule has 15 nitrogen and oxygen atoms in total. The molecular formula is C24H44F2N6O9. The van der Waals surface area contributed by atoms with Crippen molar-refractivity contribution in [1.82, 2.24) is 5.32 Å². The molecule has 0 aromatic rings. The molecule has 0 spiro atoms. The number of ether oxygens (including phenoxy) is 4. The number of aliphatic hydroxyl groups excluding tert-OH is 4.